The van der Waals surface area contributed by atoms with Crippen LogP contribution in [0, 0.1) is 11.8 Å². The molecular formula is C15H17BrClNO. The minimum absolute atomic E-state index is 0.155. The number of carbonyl (C=O) groups is 1. The summed E-state index contributed by atoms with van der Waals surface area (Å²) in [5, 5.41) is 4.06. The minimum Gasteiger partial charge on any atom is -0.313 e. The predicted octanol–water partition coefficient (Wildman–Crippen LogP) is 4.06. The van der Waals surface area contributed by atoms with Crippen molar-refractivity contribution in [3.05, 3.63) is 33.3 Å². The first-order valence-corrected chi connectivity index (χ1v) is 8.04. The second kappa shape index (κ2) is 5.55. The molecule has 1 aliphatic heterocycles. The topological polar surface area (TPSA) is 29.1 Å². The highest BCUT2D eigenvalue weighted by Gasteiger charge is 2.39. The first kappa shape index (κ1) is 13.6. The van der Waals surface area contributed by atoms with Gasteiger partial charge in [-0.05, 0) is 49.4 Å². The zero-order valence-corrected chi connectivity index (χ0v) is 13.0. The van der Waals surface area contributed by atoms with Crippen molar-refractivity contribution >= 4 is 33.3 Å². The van der Waals surface area contributed by atoms with Crippen LogP contribution in [-0.4, -0.2) is 18.4 Å². The van der Waals surface area contributed by atoms with E-state index in [1.807, 2.05) is 12.1 Å². The number of hydrogen-bond donors (Lipinski definition) is 1. The van der Waals surface area contributed by atoms with Gasteiger partial charge in [-0.2, -0.15) is 0 Å². The molecule has 1 heterocycles. The maximum atomic E-state index is 12.4. The molecule has 4 heteroatoms. The van der Waals surface area contributed by atoms with Crippen LogP contribution in [0.2, 0.25) is 5.02 Å². The Kier molecular flexibility index (Phi) is 3.97. The maximum absolute atomic E-state index is 12.4. The third-order valence-corrected chi connectivity index (χ3v) is 5.32. The second-order valence-corrected chi connectivity index (χ2v) is 6.94. The van der Waals surface area contributed by atoms with Crippen LogP contribution in [-0.2, 0) is 0 Å². The molecule has 3 atom stereocenters. The molecule has 2 nitrogen and oxygen atoms in total. The summed E-state index contributed by atoms with van der Waals surface area (Å²) in [6.45, 7) is 1.08. The number of benzene rings is 1. The average Bonchev–Trinajstić information content (AvgIpc) is 2.94. The molecule has 2 aliphatic rings. The van der Waals surface area contributed by atoms with E-state index in [1.54, 1.807) is 6.07 Å². The van der Waals surface area contributed by atoms with Crippen molar-refractivity contribution in [2.24, 2.45) is 11.8 Å². The van der Waals surface area contributed by atoms with E-state index in [9.17, 15) is 4.79 Å². The molecule has 0 amide bonds. The van der Waals surface area contributed by atoms with Gasteiger partial charge in [-0.1, -0.05) is 34.0 Å². The summed E-state index contributed by atoms with van der Waals surface area (Å²) in [5.74, 6) is 1.64. The van der Waals surface area contributed by atoms with Gasteiger partial charge in [0.05, 0.1) is 5.02 Å². The lowest BCUT2D eigenvalue weighted by atomic mass is 9.90. The Labute approximate surface area is 127 Å². The third-order valence-electron chi connectivity index (χ3n) is 4.51. The van der Waals surface area contributed by atoms with Crippen LogP contribution in [0.1, 0.15) is 36.0 Å². The molecular weight excluding hydrogens is 326 g/mol. The van der Waals surface area contributed by atoms with Crippen LogP contribution < -0.4 is 5.32 Å². The van der Waals surface area contributed by atoms with E-state index in [0.717, 1.165) is 16.9 Å². The lowest BCUT2D eigenvalue weighted by molar-refractivity contribution is 0.0963. The van der Waals surface area contributed by atoms with Crippen LogP contribution in [0.25, 0.3) is 0 Å². The Bertz CT molecular complexity index is 505. The number of hydrogen-bond acceptors (Lipinski definition) is 2. The molecule has 1 saturated heterocycles. The Hall–Kier alpha value is -0.380. The molecule has 19 heavy (non-hydrogen) atoms. The smallest absolute Gasteiger partial charge is 0.165 e. The van der Waals surface area contributed by atoms with Gasteiger partial charge in [0.2, 0.25) is 0 Å². The number of rotatable bonds is 3. The Morgan fingerprint density at radius 1 is 1.42 bits per heavy atom. The van der Waals surface area contributed by atoms with Gasteiger partial charge in [0.25, 0.3) is 0 Å². The lowest BCUT2D eigenvalue weighted by Gasteiger charge is -2.17. The van der Waals surface area contributed by atoms with E-state index in [4.69, 9.17) is 11.6 Å². The van der Waals surface area contributed by atoms with Gasteiger partial charge in [-0.15, -0.1) is 0 Å². The first-order chi connectivity index (χ1) is 9.15. The molecule has 1 aromatic rings. The standard InChI is InChI=1S/C15H17BrClNO/c16-10-4-5-12(13(17)6-10)15(19)7-14-11-3-1-2-9(11)8-18-14/h4-6,9,11,14,18H,1-3,7-8H2. The molecule has 1 aromatic carbocycles. The van der Waals surface area contributed by atoms with Crippen LogP contribution in [0.5, 0.6) is 0 Å². The molecule has 2 fully saturated rings. The number of Topliss-reactive ketones (excluding diaryl/α,β-unsaturated/α-hetero) is 1. The predicted molar refractivity (Wildman–Crippen MR) is 80.7 cm³/mol. The molecule has 0 spiro atoms. The zero-order chi connectivity index (χ0) is 13.4. The quantitative estimate of drug-likeness (QED) is 0.839. The van der Waals surface area contributed by atoms with Crippen molar-refractivity contribution in [3.8, 4) is 0 Å². The van der Waals surface area contributed by atoms with E-state index in [2.05, 4.69) is 21.2 Å². The fourth-order valence-corrected chi connectivity index (χ4v) is 4.33. The third kappa shape index (κ3) is 2.74. The van der Waals surface area contributed by atoms with Gasteiger partial charge >= 0.3 is 0 Å². The monoisotopic (exact) mass is 341 g/mol. The highest BCUT2D eigenvalue weighted by Crippen LogP contribution is 2.39. The van der Waals surface area contributed by atoms with Crippen molar-refractivity contribution in [2.45, 2.75) is 31.7 Å². The number of carbonyl (C=O) groups excluding carboxylic acids is 1. The Morgan fingerprint density at radius 3 is 3.05 bits per heavy atom. The summed E-state index contributed by atoms with van der Waals surface area (Å²) in [7, 11) is 0. The van der Waals surface area contributed by atoms with Gasteiger partial charge < -0.3 is 5.32 Å². The van der Waals surface area contributed by atoms with E-state index in [-0.39, 0.29) is 5.78 Å². The molecule has 102 valence electrons. The summed E-state index contributed by atoms with van der Waals surface area (Å²) in [4.78, 5) is 12.4. The molecule has 0 bridgehead atoms. The van der Waals surface area contributed by atoms with Gasteiger partial charge in [-0.3, -0.25) is 4.79 Å². The number of ketones is 1. The first-order valence-electron chi connectivity index (χ1n) is 6.87. The van der Waals surface area contributed by atoms with Crippen molar-refractivity contribution in [3.63, 3.8) is 0 Å². The molecule has 1 saturated carbocycles. The zero-order valence-electron chi connectivity index (χ0n) is 10.7. The molecule has 3 unspecified atom stereocenters. The van der Waals surface area contributed by atoms with Gasteiger partial charge in [0.15, 0.2) is 5.78 Å². The summed E-state index contributed by atoms with van der Waals surface area (Å²) in [6, 6.07) is 5.82. The van der Waals surface area contributed by atoms with Crippen LogP contribution in [0.3, 0.4) is 0 Å². The van der Waals surface area contributed by atoms with Crippen molar-refractivity contribution in [1.29, 1.82) is 0 Å². The van der Waals surface area contributed by atoms with E-state index < -0.39 is 0 Å². The largest absolute Gasteiger partial charge is 0.313 e. The molecule has 3 rings (SSSR count). The van der Waals surface area contributed by atoms with E-state index in [0.29, 0.717) is 29.0 Å². The van der Waals surface area contributed by atoms with E-state index in [1.165, 1.54) is 19.3 Å². The number of nitrogens with one attached hydrogen (secondary N) is 1. The SMILES string of the molecule is O=C(CC1NCC2CCCC21)c1ccc(Br)cc1Cl. The van der Waals surface area contributed by atoms with Crippen LogP contribution in [0.15, 0.2) is 22.7 Å². The number of halogens is 2. The average molecular weight is 343 g/mol. The van der Waals surface area contributed by atoms with Crippen molar-refractivity contribution in [2.75, 3.05) is 6.54 Å². The van der Waals surface area contributed by atoms with Gasteiger partial charge in [0.1, 0.15) is 0 Å². The van der Waals surface area contributed by atoms with Gasteiger partial charge in [0, 0.05) is 22.5 Å². The van der Waals surface area contributed by atoms with Crippen LogP contribution >= 0.6 is 27.5 Å². The number of fused-ring (bicyclic) bond motifs is 1. The van der Waals surface area contributed by atoms with Crippen molar-refractivity contribution < 1.29 is 4.79 Å². The minimum atomic E-state index is 0.155. The molecule has 1 N–H and O–H groups in total. The fourth-order valence-electron chi connectivity index (χ4n) is 3.55. The second-order valence-electron chi connectivity index (χ2n) is 5.62. The Morgan fingerprint density at radius 2 is 2.26 bits per heavy atom. The molecule has 1 aliphatic carbocycles. The van der Waals surface area contributed by atoms with Crippen molar-refractivity contribution in [1.82, 2.24) is 5.32 Å². The maximum Gasteiger partial charge on any atom is 0.165 e. The van der Waals surface area contributed by atoms with Crippen LogP contribution in [0.4, 0.5) is 0 Å². The molecule has 0 radical (unpaired) electrons. The summed E-state index contributed by atoms with van der Waals surface area (Å²) >= 11 is 9.51. The summed E-state index contributed by atoms with van der Waals surface area (Å²) < 4.78 is 0.906. The summed E-state index contributed by atoms with van der Waals surface area (Å²) in [6.07, 6.45) is 4.48. The highest BCUT2D eigenvalue weighted by atomic mass is 79.9. The normalized spacial score (nSPS) is 29.5. The molecule has 0 aromatic heterocycles. The fraction of sp³-hybridized carbons (Fsp3) is 0.533. The summed E-state index contributed by atoms with van der Waals surface area (Å²) in [5.41, 5.74) is 0.646. The Balaban J connectivity index is 1.71. The lowest BCUT2D eigenvalue weighted by Crippen LogP contribution is -2.29. The highest BCUT2D eigenvalue weighted by molar-refractivity contribution is 9.10. The van der Waals surface area contributed by atoms with Gasteiger partial charge in [-0.25, -0.2) is 0 Å². The van der Waals surface area contributed by atoms with E-state index >= 15 is 0 Å².